The first-order valence-corrected chi connectivity index (χ1v) is 22.6. The van der Waals surface area contributed by atoms with E-state index in [4.69, 9.17) is 21.6 Å². The number of aromatic nitrogens is 3. The number of benzene rings is 4. The largest absolute Gasteiger partial charge is 0.508 e. The van der Waals surface area contributed by atoms with E-state index in [2.05, 4.69) is 25.7 Å². The molecule has 5 N–H and O–H groups in total. The summed E-state index contributed by atoms with van der Waals surface area (Å²) in [5.74, 6) is 0.400. The van der Waals surface area contributed by atoms with Crippen LogP contribution in [0.2, 0.25) is 5.02 Å². The minimum atomic E-state index is -0.450. The second-order valence-electron chi connectivity index (χ2n) is 17.1. The molecule has 2 heterocycles. The zero-order chi connectivity index (χ0) is 46.0. The normalized spacial score (nSPS) is 16.5. The van der Waals surface area contributed by atoms with Crippen LogP contribution in [0.3, 0.4) is 0 Å². The first-order chi connectivity index (χ1) is 31.4. The highest BCUT2D eigenvalue weighted by molar-refractivity contribution is 6.31. The number of phenols is 2. The number of halogens is 1. The van der Waals surface area contributed by atoms with Gasteiger partial charge in [-0.05, 0) is 110 Å². The Morgan fingerprint density at radius 2 is 1.57 bits per heavy atom. The van der Waals surface area contributed by atoms with Crippen molar-refractivity contribution in [3.63, 3.8) is 0 Å². The third-order valence-corrected chi connectivity index (χ3v) is 12.5. The van der Waals surface area contributed by atoms with E-state index < -0.39 is 5.69 Å². The van der Waals surface area contributed by atoms with Gasteiger partial charge in [0.2, 0.25) is 5.91 Å². The molecule has 2 aliphatic rings. The number of aromatic hydroxyl groups is 2. The van der Waals surface area contributed by atoms with Crippen LogP contribution in [0, 0.1) is 11.3 Å². The molecule has 1 aromatic heterocycles. The van der Waals surface area contributed by atoms with Gasteiger partial charge < -0.3 is 30.5 Å². The third-order valence-electron chi connectivity index (χ3n) is 12.1. The summed E-state index contributed by atoms with van der Waals surface area (Å²) >= 11 is 6.13. The average Bonchev–Trinajstić information content (AvgIpc) is 3.68. The van der Waals surface area contributed by atoms with Gasteiger partial charge in [0.15, 0.2) is 5.82 Å². The summed E-state index contributed by atoms with van der Waals surface area (Å²) in [6.07, 6.45) is 5.84. The van der Waals surface area contributed by atoms with Gasteiger partial charge in [0.05, 0.1) is 27.9 Å². The van der Waals surface area contributed by atoms with Gasteiger partial charge in [-0.2, -0.15) is 10.4 Å². The van der Waals surface area contributed by atoms with Crippen LogP contribution >= 0.6 is 11.6 Å². The molecule has 1 aliphatic heterocycles. The van der Waals surface area contributed by atoms with Crippen molar-refractivity contribution in [2.24, 2.45) is 0 Å². The smallest absolute Gasteiger partial charge is 0.348 e. The van der Waals surface area contributed by atoms with E-state index in [9.17, 15) is 29.4 Å². The number of H-pyrrole nitrogens is 1. The van der Waals surface area contributed by atoms with Gasteiger partial charge in [0, 0.05) is 75.0 Å². The van der Waals surface area contributed by atoms with E-state index in [1.54, 1.807) is 48.5 Å². The highest BCUT2D eigenvalue weighted by Crippen LogP contribution is 2.37. The summed E-state index contributed by atoms with van der Waals surface area (Å²) in [6.45, 7) is 7.80. The maximum Gasteiger partial charge on any atom is 0.348 e. The topological polar surface area (TPSA) is 206 Å². The molecular formula is C49H55ClN8O7. The molecule has 0 bridgehead atoms. The third kappa shape index (κ3) is 11.7. The van der Waals surface area contributed by atoms with Crippen molar-refractivity contribution in [1.29, 1.82) is 5.26 Å². The monoisotopic (exact) mass is 902 g/mol. The molecule has 0 atom stereocenters. The molecule has 1 saturated carbocycles. The van der Waals surface area contributed by atoms with Crippen molar-refractivity contribution in [3.8, 4) is 40.4 Å². The van der Waals surface area contributed by atoms with Crippen LogP contribution in [0.25, 0.3) is 17.1 Å². The number of nitrogens with zero attached hydrogens (tertiary/aromatic N) is 5. The molecule has 340 valence electrons. The maximum atomic E-state index is 13.0. The standard InChI is InChI=1S/C49H55ClN8O7/c1-31(2)40-27-41(44(60)28-43(40)59)46-54-55-49(64)58(46)37-16-7-32(8-17-37)30-56-22-24-57(25-23-56)45(61)6-4-3-5-21-52-47(62)33-9-11-34(12-10-33)48(63)53-36-14-19-38(20-15-36)65-39-18-13-35(29-51)42(50)26-39/h7-13,16-18,26-28,31,36,38,59-60H,3-6,14-15,19-25,30H2,1-2H3,(H,52,62)(H,53,63)(H,55,64). The minimum Gasteiger partial charge on any atom is -0.508 e. The summed E-state index contributed by atoms with van der Waals surface area (Å²) in [5.41, 5.74) is 3.52. The van der Waals surface area contributed by atoms with Crippen LogP contribution in [0.5, 0.6) is 17.2 Å². The lowest BCUT2D eigenvalue weighted by atomic mass is 9.92. The average molecular weight is 903 g/mol. The van der Waals surface area contributed by atoms with Gasteiger partial charge in [0.1, 0.15) is 23.3 Å². The van der Waals surface area contributed by atoms with Crippen molar-refractivity contribution < 1.29 is 29.3 Å². The SMILES string of the molecule is CC(C)c1cc(-c2n[nH]c(=O)n2-c2ccc(CN3CCN(C(=O)CCCCCNC(=O)c4ccc(C(=O)NC5CCC(Oc6ccc(C#N)c(Cl)c6)CC5)cc4)CC3)cc2)c(O)cc1O. The van der Waals surface area contributed by atoms with Crippen LogP contribution in [-0.4, -0.2) is 97.4 Å². The Morgan fingerprint density at radius 3 is 2.23 bits per heavy atom. The molecule has 1 aliphatic carbocycles. The van der Waals surface area contributed by atoms with Crippen molar-refractivity contribution in [2.75, 3.05) is 32.7 Å². The van der Waals surface area contributed by atoms with E-state index in [0.29, 0.717) is 76.9 Å². The number of hydrogen-bond acceptors (Lipinski definition) is 10. The number of phenolic OH excluding ortho intramolecular Hbond substituents is 2. The van der Waals surface area contributed by atoms with Crippen molar-refractivity contribution in [2.45, 2.75) is 89.8 Å². The Hall–Kier alpha value is -6.63. The molecule has 0 radical (unpaired) electrons. The fraction of sp³-hybridized carbons (Fsp3) is 0.388. The van der Waals surface area contributed by atoms with Crippen LogP contribution < -0.4 is 21.1 Å². The molecule has 5 aromatic rings. The molecule has 0 unspecified atom stereocenters. The van der Waals surface area contributed by atoms with E-state index >= 15 is 0 Å². The van der Waals surface area contributed by atoms with Crippen molar-refractivity contribution in [3.05, 3.63) is 122 Å². The maximum absolute atomic E-state index is 13.0. The lowest BCUT2D eigenvalue weighted by Gasteiger charge is -2.35. The Morgan fingerprint density at radius 1 is 0.877 bits per heavy atom. The highest BCUT2D eigenvalue weighted by atomic mass is 35.5. The van der Waals surface area contributed by atoms with Crippen molar-refractivity contribution >= 4 is 29.3 Å². The van der Waals surface area contributed by atoms with E-state index in [0.717, 1.165) is 63.6 Å². The predicted octanol–water partition coefficient (Wildman–Crippen LogP) is 7.04. The van der Waals surface area contributed by atoms with Crippen LogP contribution in [-0.2, 0) is 11.3 Å². The zero-order valence-electron chi connectivity index (χ0n) is 36.7. The molecule has 4 aromatic carbocycles. The molecule has 0 spiro atoms. The molecular weight excluding hydrogens is 848 g/mol. The van der Waals surface area contributed by atoms with E-state index in [1.165, 1.54) is 10.6 Å². The molecule has 2 fully saturated rings. The summed E-state index contributed by atoms with van der Waals surface area (Å²) < 4.78 is 7.46. The first kappa shape index (κ1) is 46.4. The zero-order valence-corrected chi connectivity index (χ0v) is 37.4. The van der Waals surface area contributed by atoms with E-state index in [1.807, 2.05) is 49.1 Å². The van der Waals surface area contributed by atoms with Gasteiger partial charge in [0.25, 0.3) is 11.8 Å². The van der Waals surface area contributed by atoms with Crippen LogP contribution in [0.15, 0.2) is 83.7 Å². The number of ether oxygens (including phenoxy) is 1. The summed E-state index contributed by atoms with van der Waals surface area (Å²) in [5, 5.41) is 43.1. The number of rotatable bonds is 16. The van der Waals surface area contributed by atoms with Crippen LogP contribution in [0.4, 0.5) is 0 Å². The second kappa shape index (κ2) is 21.4. The molecule has 15 nitrogen and oxygen atoms in total. The Kier molecular flexibility index (Phi) is 15.2. The summed E-state index contributed by atoms with van der Waals surface area (Å²) in [4.78, 5) is 55.8. The summed E-state index contributed by atoms with van der Waals surface area (Å²) in [6, 6.07) is 24.3. The fourth-order valence-electron chi connectivity index (χ4n) is 8.38. The quantitative estimate of drug-likeness (QED) is 0.0639. The number of carbonyl (C=O) groups is 3. The van der Waals surface area contributed by atoms with Gasteiger partial charge in [-0.3, -0.25) is 19.3 Å². The second-order valence-corrected chi connectivity index (χ2v) is 17.5. The molecule has 16 heteroatoms. The van der Waals surface area contributed by atoms with Crippen LogP contribution in [0.1, 0.15) is 109 Å². The number of aromatic amines is 1. The molecule has 7 rings (SSSR count). The fourth-order valence-corrected chi connectivity index (χ4v) is 8.59. The number of amides is 3. The molecule has 65 heavy (non-hydrogen) atoms. The lowest BCUT2D eigenvalue weighted by Crippen LogP contribution is -2.48. The van der Waals surface area contributed by atoms with Gasteiger partial charge in [-0.25, -0.2) is 14.5 Å². The van der Waals surface area contributed by atoms with Gasteiger partial charge >= 0.3 is 5.69 Å². The number of hydrogen-bond donors (Lipinski definition) is 5. The van der Waals surface area contributed by atoms with E-state index in [-0.39, 0.29) is 53.1 Å². The number of unbranched alkanes of at least 4 members (excludes halogenated alkanes) is 2. The Balaban J connectivity index is 0.764. The number of nitrogens with one attached hydrogen (secondary N) is 3. The Labute approximate surface area is 383 Å². The van der Waals surface area contributed by atoms with Crippen molar-refractivity contribution in [1.82, 2.24) is 35.2 Å². The molecule has 1 saturated heterocycles. The first-order valence-electron chi connectivity index (χ1n) is 22.3. The number of carbonyl (C=O) groups excluding carboxylic acids is 3. The summed E-state index contributed by atoms with van der Waals surface area (Å²) in [7, 11) is 0. The van der Waals surface area contributed by atoms with Gasteiger partial charge in [-0.15, -0.1) is 0 Å². The lowest BCUT2D eigenvalue weighted by molar-refractivity contribution is -0.133. The predicted molar refractivity (Wildman–Crippen MR) is 246 cm³/mol. The van der Waals surface area contributed by atoms with Gasteiger partial charge in [-0.1, -0.05) is 44.0 Å². The number of piperazine rings is 1. The number of nitriles is 1. The minimum absolute atomic E-state index is 0.00424. The Bertz CT molecular complexity index is 2570. The highest BCUT2D eigenvalue weighted by Gasteiger charge is 2.25. The molecule has 3 amide bonds.